The molecule has 0 saturated carbocycles. The third-order valence-corrected chi connectivity index (χ3v) is 5.86. The van der Waals surface area contributed by atoms with Gasteiger partial charge in [-0.2, -0.15) is 13.2 Å². The van der Waals surface area contributed by atoms with Crippen molar-refractivity contribution in [1.29, 1.82) is 0 Å². The summed E-state index contributed by atoms with van der Waals surface area (Å²) in [7, 11) is -11.2. The van der Waals surface area contributed by atoms with E-state index in [2.05, 4.69) is 6.58 Å². The molecule has 0 unspecified atom stereocenters. The van der Waals surface area contributed by atoms with E-state index in [-0.39, 0.29) is 0 Å². The molecule has 0 N–H and O–H groups in total. The highest BCUT2D eigenvalue weighted by atomic mass is 32.3. The van der Waals surface area contributed by atoms with Gasteiger partial charge in [-0.1, -0.05) is 30.9 Å². The molecule has 2 aromatic carbocycles. The van der Waals surface area contributed by atoms with Crippen LogP contribution < -0.4 is 0 Å². The number of sulfonamides is 2. The molecule has 0 heterocycles. The molecule has 0 fully saturated rings. The first kappa shape index (κ1) is 17.4. The summed E-state index contributed by atoms with van der Waals surface area (Å²) in [5.41, 5.74) is -5.02. The Bertz CT molecular complexity index is 980. The zero-order valence-corrected chi connectivity index (χ0v) is 12.9. The third kappa shape index (κ3) is 3.54. The summed E-state index contributed by atoms with van der Waals surface area (Å²) in [6.45, 7) is 3.57. The zero-order chi connectivity index (χ0) is 17.5. The fourth-order valence-electron chi connectivity index (χ4n) is 1.74. The summed E-state index contributed by atoms with van der Waals surface area (Å²) in [6, 6.07) is 8.21. The van der Waals surface area contributed by atoms with Gasteiger partial charge >= 0.3 is 5.51 Å². The Morgan fingerprint density at radius 2 is 1.52 bits per heavy atom. The highest BCUT2D eigenvalue weighted by molar-refractivity contribution is 8.12. The lowest BCUT2D eigenvalue weighted by atomic mass is 10.1. The smallest absolute Gasteiger partial charge is 0.424 e. The SMILES string of the molecule is C=Cc1ccc2cc(S(=O)(=O)[N-]S(=O)(=O)C(F)(F)F)ccc2c1. The van der Waals surface area contributed by atoms with E-state index in [4.69, 9.17) is 0 Å². The van der Waals surface area contributed by atoms with Gasteiger partial charge in [-0.3, -0.25) is 0 Å². The van der Waals surface area contributed by atoms with Crippen molar-refractivity contribution in [2.45, 2.75) is 10.4 Å². The molecule has 0 amide bonds. The Morgan fingerprint density at radius 3 is 2.09 bits per heavy atom. The van der Waals surface area contributed by atoms with Crippen molar-refractivity contribution in [2.24, 2.45) is 0 Å². The molecule has 0 aliphatic carbocycles. The van der Waals surface area contributed by atoms with Gasteiger partial charge in [-0.25, -0.2) is 16.8 Å². The fourth-order valence-corrected chi connectivity index (χ4v) is 3.98. The third-order valence-electron chi connectivity index (χ3n) is 2.86. The van der Waals surface area contributed by atoms with Crippen LogP contribution in [0, 0.1) is 0 Å². The van der Waals surface area contributed by atoms with E-state index in [9.17, 15) is 30.0 Å². The molecule has 2 rings (SSSR count). The molecule has 10 heteroatoms. The van der Waals surface area contributed by atoms with Crippen LogP contribution in [-0.4, -0.2) is 22.3 Å². The maximum absolute atomic E-state index is 12.3. The van der Waals surface area contributed by atoms with Crippen LogP contribution in [-0.2, 0) is 20.0 Å². The predicted molar refractivity (Wildman–Crippen MR) is 79.6 cm³/mol. The van der Waals surface area contributed by atoms with Crippen molar-refractivity contribution in [3.8, 4) is 0 Å². The van der Waals surface area contributed by atoms with Gasteiger partial charge in [0.2, 0.25) is 0 Å². The first-order valence-electron chi connectivity index (χ1n) is 5.93. The van der Waals surface area contributed by atoms with Crippen molar-refractivity contribution in [3.63, 3.8) is 0 Å². The topological polar surface area (TPSA) is 82.4 Å². The number of halogens is 3. The van der Waals surface area contributed by atoms with E-state index in [0.717, 1.165) is 17.7 Å². The number of alkyl halides is 3. The molecule has 0 aromatic heterocycles. The Hall–Kier alpha value is -1.91. The van der Waals surface area contributed by atoms with Crippen LogP contribution in [0.1, 0.15) is 5.56 Å². The average molecular weight is 364 g/mol. The van der Waals surface area contributed by atoms with Crippen LogP contribution >= 0.6 is 0 Å². The van der Waals surface area contributed by atoms with Crippen molar-refractivity contribution in [1.82, 2.24) is 0 Å². The number of rotatable bonds is 4. The molecule has 0 saturated heterocycles. The molecule has 0 aliphatic rings. The van der Waals surface area contributed by atoms with Gasteiger partial charge in [0.1, 0.15) is 10.0 Å². The lowest BCUT2D eigenvalue weighted by Crippen LogP contribution is -2.24. The van der Waals surface area contributed by atoms with Crippen LogP contribution in [0.25, 0.3) is 21.0 Å². The van der Waals surface area contributed by atoms with Crippen LogP contribution in [0.4, 0.5) is 13.2 Å². The molecule has 0 bridgehead atoms. The average Bonchev–Trinajstić information content (AvgIpc) is 2.43. The van der Waals surface area contributed by atoms with Crippen LogP contribution in [0.5, 0.6) is 0 Å². The second-order valence-corrected chi connectivity index (χ2v) is 7.87. The van der Waals surface area contributed by atoms with Gasteiger partial charge < -0.3 is 4.13 Å². The van der Waals surface area contributed by atoms with Gasteiger partial charge in [0.05, 0.1) is 0 Å². The van der Waals surface area contributed by atoms with Gasteiger partial charge in [-0.05, 0) is 34.5 Å². The molecule has 23 heavy (non-hydrogen) atoms. The van der Waals surface area contributed by atoms with Gasteiger partial charge in [0, 0.05) is 4.90 Å². The van der Waals surface area contributed by atoms with E-state index >= 15 is 0 Å². The van der Waals surface area contributed by atoms with Crippen molar-refractivity contribution in [2.75, 3.05) is 0 Å². The minimum absolute atomic E-state index is 0.399. The van der Waals surface area contributed by atoms with Crippen LogP contribution in [0.3, 0.4) is 0 Å². The standard InChI is InChI=1S/C13H9F3NO4S2/c1-2-9-3-4-11-8-12(6-5-10(11)7-9)22(18,19)17-23(20,21)13(14,15)16/h2-8H,1H2/q-1. The largest absolute Gasteiger partial charge is 0.480 e. The summed E-state index contributed by atoms with van der Waals surface area (Å²) in [4.78, 5) is -0.649. The van der Waals surface area contributed by atoms with Gasteiger partial charge in [-0.15, -0.1) is 0 Å². The molecule has 2 aromatic rings. The number of hydrogen-bond acceptors (Lipinski definition) is 4. The van der Waals surface area contributed by atoms with Crippen LogP contribution in [0.2, 0.25) is 0 Å². The molecular formula is C13H9F3NO4S2-. The molecule has 0 spiro atoms. The molecule has 5 nitrogen and oxygen atoms in total. The summed E-state index contributed by atoms with van der Waals surface area (Å²) in [5.74, 6) is 0. The molecule has 124 valence electrons. The molecular weight excluding hydrogens is 355 g/mol. The Labute approximate surface area is 130 Å². The molecule has 0 radical (unpaired) electrons. The second-order valence-electron chi connectivity index (χ2n) is 4.44. The van der Waals surface area contributed by atoms with E-state index in [0.29, 0.717) is 10.8 Å². The van der Waals surface area contributed by atoms with Crippen LogP contribution in [0.15, 0.2) is 47.9 Å². The van der Waals surface area contributed by atoms with Crippen molar-refractivity contribution < 1.29 is 30.0 Å². The van der Waals surface area contributed by atoms with E-state index in [1.54, 1.807) is 18.2 Å². The van der Waals surface area contributed by atoms with E-state index in [1.165, 1.54) is 12.1 Å². The summed E-state index contributed by atoms with van der Waals surface area (Å²) in [5, 5.41) is 1.01. The Morgan fingerprint density at radius 1 is 0.957 bits per heavy atom. The summed E-state index contributed by atoms with van der Waals surface area (Å²) in [6.07, 6.45) is 1.56. The summed E-state index contributed by atoms with van der Waals surface area (Å²) < 4.78 is 84.2. The highest BCUT2D eigenvalue weighted by Crippen LogP contribution is 2.33. The quantitative estimate of drug-likeness (QED) is 0.833. The number of fused-ring (bicyclic) bond motifs is 1. The lowest BCUT2D eigenvalue weighted by Gasteiger charge is -2.22. The Balaban J connectivity index is 2.49. The lowest BCUT2D eigenvalue weighted by molar-refractivity contribution is -0.0425. The monoisotopic (exact) mass is 364 g/mol. The minimum Gasteiger partial charge on any atom is -0.424 e. The van der Waals surface area contributed by atoms with Crippen molar-refractivity contribution in [3.05, 3.63) is 52.7 Å². The second kappa shape index (κ2) is 5.62. The zero-order valence-electron chi connectivity index (χ0n) is 11.3. The number of benzene rings is 2. The minimum atomic E-state index is -6.14. The van der Waals surface area contributed by atoms with E-state index in [1.807, 2.05) is 4.13 Å². The van der Waals surface area contributed by atoms with Gasteiger partial charge in [0.15, 0.2) is 10.0 Å². The summed E-state index contributed by atoms with van der Waals surface area (Å²) >= 11 is 0. The molecule has 0 aliphatic heterocycles. The first-order chi connectivity index (χ1) is 10.5. The first-order valence-corrected chi connectivity index (χ1v) is 8.81. The van der Waals surface area contributed by atoms with Crippen molar-refractivity contribution >= 4 is 36.9 Å². The fraction of sp³-hybridized carbons (Fsp3) is 0.0769. The normalized spacial score (nSPS) is 13.2. The Kier molecular flexibility index (Phi) is 4.26. The maximum Gasteiger partial charge on any atom is 0.480 e. The van der Waals surface area contributed by atoms with E-state index < -0.39 is 30.5 Å². The highest BCUT2D eigenvalue weighted by Gasteiger charge is 2.40. The molecule has 0 atom stereocenters. The number of hydrogen-bond donors (Lipinski definition) is 0. The predicted octanol–water partition coefficient (Wildman–Crippen LogP) is 3.39. The number of nitrogens with zero attached hydrogens (tertiary/aromatic N) is 1. The maximum atomic E-state index is 12.3. The van der Waals surface area contributed by atoms with Gasteiger partial charge in [0.25, 0.3) is 0 Å².